The van der Waals surface area contributed by atoms with Crippen molar-refractivity contribution in [1.29, 1.82) is 0 Å². The van der Waals surface area contributed by atoms with E-state index in [-0.39, 0.29) is 11.7 Å². The van der Waals surface area contributed by atoms with E-state index in [1.807, 2.05) is 47.0 Å². The van der Waals surface area contributed by atoms with Crippen LogP contribution in [0, 0.1) is 0 Å². The second-order valence-electron chi connectivity index (χ2n) is 5.52. The minimum Gasteiger partial charge on any atom is -0.325 e. The average molecular weight is 432 g/mol. The van der Waals surface area contributed by atoms with Gasteiger partial charge in [-0.25, -0.2) is 0 Å². The summed E-state index contributed by atoms with van der Waals surface area (Å²) < 4.78 is 2.99. The van der Waals surface area contributed by atoms with E-state index in [2.05, 4.69) is 43.4 Å². The number of anilines is 1. The number of thioether (sulfide) groups is 1. The Labute approximate surface area is 164 Å². The molecule has 1 aromatic carbocycles. The molecule has 0 fully saturated rings. The normalized spacial score (nSPS) is 10.7. The molecule has 134 valence electrons. The summed E-state index contributed by atoms with van der Waals surface area (Å²) in [6.45, 7) is 2.87. The highest BCUT2D eigenvalue weighted by atomic mass is 79.9. The highest BCUT2D eigenvalue weighted by Crippen LogP contribution is 2.23. The first kappa shape index (κ1) is 18.6. The minimum atomic E-state index is -0.0808. The third-order valence-corrected chi connectivity index (χ3v) is 5.01. The number of benzene rings is 1. The van der Waals surface area contributed by atoms with Gasteiger partial charge in [0.2, 0.25) is 5.91 Å². The van der Waals surface area contributed by atoms with Gasteiger partial charge in [-0.15, -0.1) is 10.2 Å². The quantitative estimate of drug-likeness (QED) is 0.566. The Hall–Kier alpha value is -2.19. The fourth-order valence-corrected chi connectivity index (χ4v) is 3.39. The molecular formula is C18H18BrN5OS. The van der Waals surface area contributed by atoms with E-state index < -0.39 is 0 Å². The lowest BCUT2D eigenvalue weighted by Gasteiger charge is -2.08. The Bertz CT molecular complexity index is 867. The van der Waals surface area contributed by atoms with Crippen molar-refractivity contribution in [1.82, 2.24) is 19.7 Å². The molecule has 0 aliphatic heterocycles. The van der Waals surface area contributed by atoms with Crippen molar-refractivity contribution in [2.24, 2.45) is 0 Å². The number of aromatic nitrogens is 4. The molecule has 3 rings (SSSR count). The number of hydrogen-bond donors (Lipinski definition) is 1. The zero-order valence-corrected chi connectivity index (χ0v) is 16.6. The van der Waals surface area contributed by atoms with Crippen molar-refractivity contribution in [3.63, 3.8) is 0 Å². The molecule has 0 saturated carbocycles. The van der Waals surface area contributed by atoms with Gasteiger partial charge in [0.25, 0.3) is 0 Å². The summed E-state index contributed by atoms with van der Waals surface area (Å²) in [5.74, 6) is 0.908. The van der Waals surface area contributed by atoms with Gasteiger partial charge in [0, 0.05) is 22.9 Å². The molecule has 0 bridgehead atoms. The van der Waals surface area contributed by atoms with Crippen molar-refractivity contribution in [3.8, 4) is 11.5 Å². The first-order chi connectivity index (χ1) is 12.7. The molecule has 1 amide bonds. The molecule has 0 spiro atoms. The summed E-state index contributed by atoms with van der Waals surface area (Å²) in [7, 11) is 0. The van der Waals surface area contributed by atoms with Crippen LogP contribution in [0.3, 0.4) is 0 Å². The molecule has 0 radical (unpaired) electrons. The number of carbonyl (C=O) groups excluding carboxylic acids is 1. The van der Waals surface area contributed by atoms with Gasteiger partial charge < -0.3 is 9.88 Å². The van der Waals surface area contributed by atoms with E-state index in [1.165, 1.54) is 11.8 Å². The minimum absolute atomic E-state index is 0.0808. The molecule has 2 heterocycles. The van der Waals surface area contributed by atoms with E-state index in [4.69, 9.17) is 0 Å². The average Bonchev–Trinajstić information content (AvgIpc) is 3.06. The second kappa shape index (κ2) is 8.95. The van der Waals surface area contributed by atoms with Crippen LogP contribution in [0.25, 0.3) is 11.5 Å². The van der Waals surface area contributed by atoms with Crippen LogP contribution in [0.4, 0.5) is 5.69 Å². The Balaban J connectivity index is 1.68. The summed E-state index contributed by atoms with van der Waals surface area (Å²) in [6.07, 6.45) is 2.68. The third-order valence-electron chi connectivity index (χ3n) is 3.52. The van der Waals surface area contributed by atoms with Crippen molar-refractivity contribution >= 4 is 39.3 Å². The molecule has 6 nitrogen and oxygen atoms in total. The van der Waals surface area contributed by atoms with Crippen LogP contribution in [0.2, 0.25) is 0 Å². The van der Waals surface area contributed by atoms with Crippen LogP contribution in [0.5, 0.6) is 0 Å². The number of nitrogens with zero attached hydrogens (tertiary/aromatic N) is 4. The van der Waals surface area contributed by atoms with Crippen LogP contribution in [-0.2, 0) is 11.3 Å². The van der Waals surface area contributed by atoms with E-state index >= 15 is 0 Å². The van der Waals surface area contributed by atoms with Gasteiger partial charge in [-0.05, 0) is 42.8 Å². The van der Waals surface area contributed by atoms with E-state index in [0.717, 1.165) is 39.8 Å². The molecule has 2 aromatic heterocycles. The van der Waals surface area contributed by atoms with Crippen LogP contribution in [0.1, 0.15) is 13.3 Å². The number of rotatable bonds is 7. The lowest BCUT2D eigenvalue weighted by molar-refractivity contribution is -0.113. The molecule has 8 heteroatoms. The van der Waals surface area contributed by atoms with Gasteiger partial charge >= 0.3 is 0 Å². The maximum absolute atomic E-state index is 12.2. The molecular weight excluding hydrogens is 414 g/mol. The Kier molecular flexibility index (Phi) is 6.40. The highest BCUT2D eigenvalue weighted by molar-refractivity contribution is 9.10. The number of hydrogen-bond acceptors (Lipinski definition) is 5. The smallest absolute Gasteiger partial charge is 0.234 e. The number of halogens is 1. The Morgan fingerprint density at radius 2 is 2.00 bits per heavy atom. The zero-order chi connectivity index (χ0) is 18.4. The van der Waals surface area contributed by atoms with Crippen molar-refractivity contribution in [3.05, 3.63) is 53.1 Å². The van der Waals surface area contributed by atoms with Gasteiger partial charge in [0.1, 0.15) is 5.69 Å². The van der Waals surface area contributed by atoms with Gasteiger partial charge in [0.15, 0.2) is 11.0 Å². The largest absolute Gasteiger partial charge is 0.325 e. The van der Waals surface area contributed by atoms with Gasteiger partial charge in [-0.3, -0.25) is 9.78 Å². The van der Waals surface area contributed by atoms with Crippen LogP contribution >= 0.6 is 27.7 Å². The molecule has 0 unspecified atom stereocenters. The maximum atomic E-state index is 12.2. The summed E-state index contributed by atoms with van der Waals surface area (Å²) in [4.78, 5) is 16.6. The Morgan fingerprint density at radius 3 is 2.69 bits per heavy atom. The summed E-state index contributed by atoms with van der Waals surface area (Å²) in [6, 6.07) is 13.2. The highest BCUT2D eigenvalue weighted by Gasteiger charge is 2.15. The summed E-state index contributed by atoms with van der Waals surface area (Å²) >= 11 is 4.75. The number of amides is 1. The van der Waals surface area contributed by atoms with E-state index in [1.54, 1.807) is 6.20 Å². The lowest BCUT2D eigenvalue weighted by Crippen LogP contribution is -2.14. The van der Waals surface area contributed by atoms with Crippen molar-refractivity contribution < 1.29 is 4.79 Å². The van der Waals surface area contributed by atoms with E-state index in [9.17, 15) is 4.79 Å². The second-order valence-corrected chi connectivity index (χ2v) is 7.37. The molecule has 0 saturated heterocycles. The fourth-order valence-electron chi connectivity index (χ4n) is 2.37. The van der Waals surface area contributed by atoms with Crippen LogP contribution < -0.4 is 5.32 Å². The third kappa shape index (κ3) is 4.70. The number of nitrogens with one attached hydrogen (secondary N) is 1. The van der Waals surface area contributed by atoms with Gasteiger partial charge in [0.05, 0.1) is 5.75 Å². The fraction of sp³-hybridized carbons (Fsp3) is 0.222. The SMILES string of the molecule is CCCn1c(SCC(=O)Nc2ccc(Br)cc2)nnc1-c1ccccn1. The molecule has 0 aliphatic carbocycles. The number of carbonyl (C=O) groups is 1. The van der Waals surface area contributed by atoms with Crippen molar-refractivity contribution in [2.45, 2.75) is 25.0 Å². The maximum Gasteiger partial charge on any atom is 0.234 e. The molecule has 0 atom stereocenters. The van der Waals surface area contributed by atoms with Crippen LogP contribution in [-0.4, -0.2) is 31.4 Å². The lowest BCUT2D eigenvalue weighted by atomic mass is 10.3. The zero-order valence-electron chi connectivity index (χ0n) is 14.2. The first-order valence-corrected chi connectivity index (χ1v) is 9.98. The monoisotopic (exact) mass is 431 g/mol. The van der Waals surface area contributed by atoms with Crippen LogP contribution in [0.15, 0.2) is 58.3 Å². The summed E-state index contributed by atoms with van der Waals surface area (Å²) in [5.41, 5.74) is 1.54. The predicted molar refractivity (Wildman–Crippen MR) is 107 cm³/mol. The van der Waals surface area contributed by atoms with Crippen molar-refractivity contribution in [2.75, 3.05) is 11.1 Å². The van der Waals surface area contributed by atoms with Gasteiger partial charge in [-0.1, -0.05) is 40.7 Å². The Morgan fingerprint density at radius 1 is 1.19 bits per heavy atom. The number of pyridine rings is 1. The summed E-state index contributed by atoms with van der Waals surface area (Å²) in [5, 5.41) is 12.1. The predicted octanol–water partition coefficient (Wildman–Crippen LogP) is 4.24. The topological polar surface area (TPSA) is 72.7 Å². The first-order valence-electron chi connectivity index (χ1n) is 8.20. The standard InChI is InChI=1S/C18H18BrN5OS/c1-2-11-24-17(15-5-3-4-10-20-15)22-23-18(24)26-12-16(25)21-14-8-6-13(19)7-9-14/h3-10H,2,11-12H2,1H3,(H,21,25). The van der Waals surface area contributed by atoms with E-state index in [0.29, 0.717) is 0 Å². The van der Waals surface area contributed by atoms with Gasteiger partial charge in [-0.2, -0.15) is 0 Å². The molecule has 1 N–H and O–H groups in total. The molecule has 3 aromatic rings. The molecule has 26 heavy (non-hydrogen) atoms. The molecule has 0 aliphatic rings.